The molecule has 0 aliphatic carbocycles. The Bertz CT molecular complexity index is 878. The third-order valence-corrected chi connectivity index (χ3v) is 4.91. The fourth-order valence-electron chi connectivity index (χ4n) is 3.61. The van der Waals surface area contributed by atoms with E-state index in [-0.39, 0.29) is 17.6 Å². The molecule has 2 N–H and O–H groups in total. The molecule has 0 radical (unpaired) electrons. The molecule has 9 nitrogen and oxygen atoms in total. The van der Waals surface area contributed by atoms with Crippen molar-refractivity contribution in [3.8, 4) is 0 Å². The van der Waals surface area contributed by atoms with Gasteiger partial charge in [-0.2, -0.15) is 13.2 Å². The number of piperidine rings is 1. The second kappa shape index (κ2) is 9.33. The standard InChI is InChI=1S/C17H20N4O3.C2HF3O2/c22-15(14-4-1-9-23-14)21-8-2-5-17(12-21)10-13(11-24-17)20-16-18-6-3-7-19-16;3-2(4,5)1(6)7/h1,3-4,6-7,9,13H,2,5,8,10-12H2,(H,18,19,20);(H,6,7). The number of aromatic nitrogens is 2. The number of anilines is 1. The first kappa shape index (κ1) is 22.5. The molecule has 2 aromatic heterocycles. The lowest BCUT2D eigenvalue weighted by Crippen LogP contribution is -2.50. The molecule has 1 amide bonds. The maximum absolute atomic E-state index is 12.5. The molecular weight excluding hydrogens is 421 g/mol. The van der Waals surface area contributed by atoms with Gasteiger partial charge in [0.15, 0.2) is 5.76 Å². The molecule has 1 spiro atoms. The molecule has 0 saturated carbocycles. The number of carboxylic acid groups (broad SMARTS) is 1. The van der Waals surface area contributed by atoms with E-state index in [2.05, 4.69) is 15.3 Å². The van der Waals surface area contributed by atoms with E-state index in [0.717, 1.165) is 25.8 Å². The Hall–Kier alpha value is -3.15. The average Bonchev–Trinajstić information content (AvgIpc) is 3.39. The van der Waals surface area contributed by atoms with Crippen LogP contribution < -0.4 is 5.32 Å². The van der Waals surface area contributed by atoms with Gasteiger partial charge in [-0.1, -0.05) is 0 Å². The quantitative estimate of drug-likeness (QED) is 0.745. The lowest BCUT2D eigenvalue weighted by atomic mass is 9.88. The molecule has 2 aliphatic rings. The molecule has 0 bridgehead atoms. The van der Waals surface area contributed by atoms with Gasteiger partial charge in [0.2, 0.25) is 5.95 Å². The average molecular weight is 442 g/mol. The third-order valence-electron chi connectivity index (χ3n) is 4.91. The number of nitrogens with one attached hydrogen (secondary N) is 1. The highest BCUT2D eigenvalue weighted by Crippen LogP contribution is 2.36. The van der Waals surface area contributed by atoms with Gasteiger partial charge in [0.05, 0.1) is 31.1 Å². The molecule has 12 heteroatoms. The number of amides is 1. The van der Waals surface area contributed by atoms with Crippen molar-refractivity contribution in [3.05, 3.63) is 42.6 Å². The fourth-order valence-corrected chi connectivity index (χ4v) is 3.61. The smallest absolute Gasteiger partial charge is 0.475 e. The number of alkyl halides is 3. The second-order valence-electron chi connectivity index (χ2n) is 7.22. The van der Waals surface area contributed by atoms with Crippen molar-refractivity contribution in [1.29, 1.82) is 0 Å². The maximum Gasteiger partial charge on any atom is 0.490 e. The first-order valence-corrected chi connectivity index (χ1v) is 9.49. The summed E-state index contributed by atoms with van der Waals surface area (Å²) in [7, 11) is 0. The van der Waals surface area contributed by atoms with Crippen molar-refractivity contribution in [2.45, 2.75) is 37.1 Å². The fraction of sp³-hybridized carbons (Fsp3) is 0.474. The molecule has 2 aliphatic heterocycles. The van der Waals surface area contributed by atoms with E-state index in [0.29, 0.717) is 24.9 Å². The van der Waals surface area contributed by atoms with E-state index in [9.17, 15) is 18.0 Å². The minimum absolute atomic E-state index is 0.0644. The Kier molecular flexibility index (Phi) is 6.78. The van der Waals surface area contributed by atoms with Crippen LogP contribution in [0.4, 0.5) is 19.1 Å². The summed E-state index contributed by atoms with van der Waals surface area (Å²) in [5.74, 6) is -1.82. The van der Waals surface area contributed by atoms with Gasteiger partial charge in [-0.3, -0.25) is 4.79 Å². The first-order chi connectivity index (χ1) is 14.7. The number of aliphatic carboxylic acids is 1. The molecule has 0 aromatic carbocycles. The normalized spacial score (nSPS) is 23.2. The summed E-state index contributed by atoms with van der Waals surface area (Å²) >= 11 is 0. The molecular formula is C19H21F3N4O5. The lowest BCUT2D eigenvalue weighted by Gasteiger charge is -2.39. The molecule has 31 heavy (non-hydrogen) atoms. The lowest BCUT2D eigenvalue weighted by molar-refractivity contribution is -0.192. The Morgan fingerprint density at radius 2 is 1.97 bits per heavy atom. The van der Waals surface area contributed by atoms with Crippen LogP contribution in [0.25, 0.3) is 0 Å². The van der Waals surface area contributed by atoms with Gasteiger partial charge in [-0.15, -0.1) is 0 Å². The number of rotatable bonds is 3. The summed E-state index contributed by atoms with van der Waals surface area (Å²) in [6.45, 7) is 1.94. The van der Waals surface area contributed by atoms with Gasteiger partial charge in [-0.25, -0.2) is 14.8 Å². The van der Waals surface area contributed by atoms with Gasteiger partial charge >= 0.3 is 12.1 Å². The Labute approximate surface area is 175 Å². The number of hydrogen-bond donors (Lipinski definition) is 2. The van der Waals surface area contributed by atoms with Crippen LogP contribution in [0.5, 0.6) is 0 Å². The highest BCUT2D eigenvalue weighted by atomic mass is 19.4. The number of halogens is 3. The summed E-state index contributed by atoms with van der Waals surface area (Å²) in [5, 5.41) is 10.4. The summed E-state index contributed by atoms with van der Waals surface area (Å²) in [6.07, 6.45) is 2.60. The summed E-state index contributed by atoms with van der Waals surface area (Å²) in [5.41, 5.74) is -0.285. The zero-order chi connectivity index (χ0) is 22.5. The second-order valence-corrected chi connectivity index (χ2v) is 7.22. The van der Waals surface area contributed by atoms with Crippen LogP contribution in [0, 0.1) is 0 Å². The van der Waals surface area contributed by atoms with Crippen molar-refractivity contribution in [1.82, 2.24) is 14.9 Å². The van der Waals surface area contributed by atoms with Crippen molar-refractivity contribution in [2.75, 3.05) is 25.0 Å². The van der Waals surface area contributed by atoms with Crippen molar-refractivity contribution < 1.29 is 37.0 Å². The zero-order valence-electron chi connectivity index (χ0n) is 16.3. The number of carbonyl (C=O) groups excluding carboxylic acids is 1. The summed E-state index contributed by atoms with van der Waals surface area (Å²) in [4.78, 5) is 31.6. The van der Waals surface area contributed by atoms with Crippen LogP contribution in [0.15, 0.2) is 41.3 Å². The van der Waals surface area contributed by atoms with Crippen molar-refractivity contribution in [2.24, 2.45) is 0 Å². The Morgan fingerprint density at radius 3 is 2.58 bits per heavy atom. The molecule has 2 fully saturated rings. The van der Waals surface area contributed by atoms with E-state index in [1.54, 1.807) is 30.6 Å². The minimum atomic E-state index is -5.08. The minimum Gasteiger partial charge on any atom is -0.475 e. The van der Waals surface area contributed by atoms with E-state index in [1.807, 2.05) is 4.90 Å². The van der Waals surface area contributed by atoms with Gasteiger partial charge in [0.1, 0.15) is 0 Å². The monoisotopic (exact) mass is 442 g/mol. The Balaban J connectivity index is 0.000000339. The zero-order valence-corrected chi connectivity index (χ0v) is 16.3. The van der Waals surface area contributed by atoms with Gasteiger partial charge in [0, 0.05) is 25.4 Å². The van der Waals surface area contributed by atoms with Crippen LogP contribution in [0.3, 0.4) is 0 Å². The SMILES string of the molecule is O=C(O)C(F)(F)F.O=C(c1ccco1)N1CCCC2(CC(Nc3ncccn3)CO2)C1. The van der Waals surface area contributed by atoms with E-state index in [1.165, 1.54) is 6.26 Å². The van der Waals surface area contributed by atoms with Gasteiger partial charge in [0.25, 0.3) is 5.91 Å². The molecule has 4 rings (SSSR count). The number of furan rings is 1. The number of likely N-dealkylation sites (tertiary alicyclic amines) is 1. The number of ether oxygens (including phenoxy) is 1. The molecule has 2 atom stereocenters. The Morgan fingerprint density at radius 1 is 1.26 bits per heavy atom. The number of carbonyl (C=O) groups is 2. The van der Waals surface area contributed by atoms with E-state index >= 15 is 0 Å². The van der Waals surface area contributed by atoms with Crippen LogP contribution in [0.1, 0.15) is 29.8 Å². The number of carboxylic acids is 1. The van der Waals surface area contributed by atoms with Crippen molar-refractivity contribution >= 4 is 17.8 Å². The van der Waals surface area contributed by atoms with Crippen molar-refractivity contribution in [3.63, 3.8) is 0 Å². The van der Waals surface area contributed by atoms with Crippen LogP contribution in [0.2, 0.25) is 0 Å². The molecule has 2 unspecified atom stereocenters. The number of nitrogens with zero attached hydrogens (tertiary/aromatic N) is 3. The van der Waals surface area contributed by atoms with Crippen LogP contribution in [-0.4, -0.2) is 69.4 Å². The first-order valence-electron chi connectivity index (χ1n) is 9.49. The molecule has 2 aromatic rings. The number of hydrogen-bond acceptors (Lipinski definition) is 7. The van der Waals surface area contributed by atoms with Crippen LogP contribution in [-0.2, 0) is 9.53 Å². The maximum atomic E-state index is 12.5. The predicted molar refractivity (Wildman–Crippen MR) is 100 cm³/mol. The van der Waals surface area contributed by atoms with Gasteiger partial charge in [-0.05, 0) is 31.0 Å². The van der Waals surface area contributed by atoms with E-state index < -0.39 is 12.1 Å². The van der Waals surface area contributed by atoms with E-state index in [4.69, 9.17) is 19.1 Å². The summed E-state index contributed by atoms with van der Waals surface area (Å²) < 4.78 is 43.1. The molecule has 168 valence electrons. The van der Waals surface area contributed by atoms with Crippen LogP contribution >= 0.6 is 0 Å². The third kappa shape index (κ3) is 5.94. The highest BCUT2D eigenvalue weighted by Gasteiger charge is 2.45. The highest BCUT2D eigenvalue weighted by molar-refractivity contribution is 5.91. The summed E-state index contributed by atoms with van der Waals surface area (Å²) in [6, 6.07) is 5.39. The largest absolute Gasteiger partial charge is 0.490 e. The molecule has 2 saturated heterocycles. The topological polar surface area (TPSA) is 118 Å². The molecule has 4 heterocycles. The predicted octanol–water partition coefficient (Wildman–Crippen LogP) is 2.58. The van der Waals surface area contributed by atoms with Gasteiger partial charge < -0.3 is 24.5 Å².